The van der Waals surface area contributed by atoms with Gasteiger partial charge in [0.25, 0.3) is 5.56 Å². The Morgan fingerprint density at radius 3 is 2.72 bits per heavy atom. The lowest BCUT2D eigenvalue weighted by molar-refractivity contribution is 0.204. The zero-order chi connectivity index (χ0) is 17.2. The predicted molar refractivity (Wildman–Crippen MR) is 100 cm³/mol. The molecule has 2 aliphatic rings. The van der Waals surface area contributed by atoms with E-state index in [2.05, 4.69) is 24.8 Å². The van der Waals surface area contributed by atoms with Crippen molar-refractivity contribution in [2.45, 2.75) is 45.1 Å². The second-order valence-corrected chi connectivity index (χ2v) is 8.20. The third-order valence-electron chi connectivity index (χ3n) is 5.18. The molecule has 0 spiro atoms. The van der Waals surface area contributed by atoms with Gasteiger partial charge in [-0.2, -0.15) is 0 Å². The number of likely N-dealkylation sites (tertiary alicyclic amines) is 1. The maximum atomic E-state index is 11.7. The number of hydrogen-bond donors (Lipinski definition) is 1. The largest absolute Gasteiger partial charge is 0.348 e. The zero-order valence-electron chi connectivity index (χ0n) is 14.7. The fourth-order valence-electron chi connectivity index (χ4n) is 3.84. The number of hydrogen-bond acceptors (Lipinski definition) is 6. The molecule has 1 N–H and O–H groups in total. The van der Waals surface area contributed by atoms with Gasteiger partial charge in [0.05, 0.1) is 5.69 Å². The third-order valence-corrected chi connectivity index (χ3v) is 6.23. The first kappa shape index (κ1) is 16.7. The second-order valence-electron chi connectivity index (χ2n) is 7.11. The summed E-state index contributed by atoms with van der Waals surface area (Å²) in [5, 5.41) is 1.19. The molecule has 0 saturated carbocycles. The van der Waals surface area contributed by atoms with Gasteiger partial charge in [-0.05, 0) is 45.7 Å². The van der Waals surface area contributed by atoms with Gasteiger partial charge in [0.15, 0.2) is 5.13 Å². The van der Waals surface area contributed by atoms with Crippen LogP contribution < -0.4 is 10.5 Å². The number of H-pyrrole nitrogens is 1. The molecule has 2 aromatic heterocycles. The van der Waals surface area contributed by atoms with E-state index in [1.54, 1.807) is 6.07 Å². The van der Waals surface area contributed by atoms with Crippen LogP contribution in [0.25, 0.3) is 0 Å². The van der Waals surface area contributed by atoms with Gasteiger partial charge in [-0.25, -0.2) is 9.97 Å². The molecule has 0 radical (unpaired) electrons. The molecule has 0 aliphatic carbocycles. The summed E-state index contributed by atoms with van der Waals surface area (Å²) >= 11 is 1.84. The smallest absolute Gasteiger partial charge is 0.251 e. The van der Waals surface area contributed by atoms with Crippen molar-refractivity contribution in [3.05, 3.63) is 39.0 Å². The molecule has 0 unspecified atom stereocenters. The highest BCUT2D eigenvalue weighted by Gasteiger charge is 2.23. The van der Waals surface area contributed by atoms with Crippen LogP contribution in [0.2, 0.25) is 0 Å². The second kappa shape index (κ2) is 7.25. The molecule has 4 heterocycles. The SMILES string of the molecule is Cc1nc(C2CCN(Cc3cnc(N4CCCC4)s3)CC2)cc(=O)[nH]1. The number of rotatable bonds is 4. The zero-order valence-corrected chi connectivity index (χ0v) is 15.5. The number of aromatic nitrogens is 3. The van der Waals surface area contributed by atoms with Crippen LogP contribution in [0.15, 0.2) is 17.1 Å². The summed E-state index contributed by atoms with van der Waals surface area (Å²) in [7, 11) is 0. The van der Waals surface area contributed by atoms with Crippen molar-refractivity contribution >= 4 is 16.5 Å². The van der Waals surface area contributed by atoms with E-state index in [-0.39, 0.29) is 5.56 Å². The van der Waals surface area contributed by atoms with E-state index in [1.165, 1.54) is 22.9 Å². The van der Waals surface area contributed by atoms with E-state index >= 15 is 0 Å². The Morgan fingerprint density at radius 1 is 1.24 bits per heavy atom. The minimum Gasteiger partial charge on any atom is -0.348 e. The molecule has 2 aliphatic heterocycles. The minimum absolute atomic E-state index is 0.0379. The number of piperidine rings is 1. The van der Waals surface area contributed by atoms with Gasteiger partial charge in [-0.1, -0.05) is 0 Å². The van der Waals surface area contributed by atoms with Crippen LogP contribution in [0.3, 0.4) is 0 Å². The van der Waals surface area contributed by atoms with Crippen molar-refractivity contribution in [1.29, 1.82) is 0 Å². The Labute approximate surface area is 151 Å². The molecule has 7 heteroatoms. The molecule has 0 aromatic carbocycles. The Bertz CT molecular complexity index is 772. The van der Waals surface area contributed by atoms with Gasteiger partial charge in [-0.3, -0.25) is 9.69 Å². The van der Waals surface area contributed by atoms with Gasteiger partial charge in [0.1, 0.15) is 5.82 Å². The van der Waals surface area contributed by atoms with Crippen LogP contribution in [-0.2, 0) is 6.54 Å². The average Bonchev–Trinajstić information content (AvgIpc) is 3.26. The maximum absolute atomic E-state index is 11.7. The number of anilines is 1. The number of aryl methyl sites for hydroxylation is 1. The first-order valence-corrected chi connectivity index (χ1v) is 9.99. The monoisotopic (exact) mass is 359 g/mol. The first-order valence-electron chi connectivity index (χ1n) is 9.17. The molecule has 6 nitrogen and oxygen atoms in total. The van der Waals surface area contributed by atoms with E-state index in [4.69, 9.17) is 0 Å². The van der Waals surface area contributed by atoms with Crippen LogP contribution >= 0.6 is 11.3 Å². The van der Waals surface area contributed by atoms with Gasteiger partial charge in [0, 0.05) is 42.7 Å². The van der Waals surface area contributed by atoms with Gasteiger partial charge in [-0.15, -0.1) is 11.3 Å². The Kier molecular flexibility index (Phi) is 4.85. The van der Waals surface area contributed by atoms with Crippen molar-refractivity contribution in [2.75, 3.05) is 31.1 Å². The molecular formula is C18H25N5OS. The van der Waals surface area contributed by atoms with E-state index in [0.717, 1.165) is 51.3 Å². The average molecular weight is 359 g/mol. The number of nitrogens with one attached hydrogen (secondary N) is 1. The summed E-state index contributed by atoms with van der Waals surface area (Å²) in [6.07, 6.45) is 6.75. The van der Waals surface area contributed by atoms with E-state index in [9.17, 15) is 4.79 Å². The molecule has 2 fully saturated rings. The van der Waals surface area contributed by atoms with Gasteiger partial charge < -0.3 is 9.88 Å². The normalized spacial score (nSPS) is 19.6. The van der Waals surface area contributed by atoms with E-state index in [0.29, 0.717) is 11.7 Å². The molecular weight excluding hydrogens is 334 g/mol. The molecule has 134 valence electrons. The summed E-state index contributed by atoms with van der Waals surface area (Å²) in [4.78, 5) is 29.8. The standard InChI is InChI=1S/C18H25N5OS/c1-13-20-16(10-17(24)21-13)14-4-8-22(9-5-14)12-15-11-19-18(25-15)23-6-2-3-7-23/h10-11,14H,2-9,12H2,1H3,(H,20,21,24). The van der Waals surface area contributed by atoms with Crippen LogP contribution in [0.1, 0.15) is 48.0 Å². The molecule has 2 aromatic rings. The quantitative estimate of drug-likeness (QED) is 0.909. The summed E-state index contributed by atoms with van der Waals surface area (Å²) in [6.45, 7) is 7.24. The lowest BCUT2D eigenvalue weighted by atomic mass is 9.93. The molecule has 0 bridgehead atoms. The van der Waals surface area contributed by atoms with Crippen LogP contribution in [0, 0.1) is 6.92 Å². The lowest BCUT2D eigenvalue weighted by Crippen LogP contribution is -2.32. The van der Waals surface area contributed by atoms with Crippen LogP contribution in [0.5, 0.6) is 0 Å². The highest BCUT2D eigenvalue weighted by Crippen LogP contribution is 2.30. The van der Waals surface area contributed by atoms with Crippen LogP contribution in [-0.4, -0.2) is 46.0 Å². The predicted octanol–water partition coefficient (Wildman–Crippen LogP) is 2.51. The minimum atomic E-state index is -0.0379. The molecule has 0 atom stereocenters. The highest BCUT2D eigenvalue weighted by molar-refractivity contribution is 7.15. The number of nitrogens with zero attached hydrogens (tertiary/aromatic N) is 4. The molecule has 0 amide bonds. The Morgan fingerprint density at radius 2 is 2.00 bits per heavy atom. The summed E-state index contributed by atoms with van der Waals surface area (Å²) in [5.41, 5.74) is 0.916. The fraction of sp³-hybridized carbons (Fsp3) is 0.611. The summed E-state index contributed by atoms with van der Waals surface area (Å²) < 4.78 is 0. The van der Waals surface area contributed by atoms with Crippen molar-refractivity contribution < 1.29 is 0 Å². The van der Waals surface area contributed by atoms with Crippen molar-refractivity contribution in [2.24, 2.45) is 0 Å². The summed E-state index contributed by atoms with van der Waals surface area (Å²) in [5.74, 6) is 1.11. The van der Waals surface area contributed by atoms with Crippen molar-refractivity contribution in [3.63, 3.8) is 0 Å². The molecule has 25 heavy (non-hydrogen) atoms. The first-order chi connectivity index (χ1) is 12.2. The number of thiazole rings is 1. The number of aromatic amines is 1. The maximum Gasteiger partial charge on any atom is 0.251 e. The van der Waals surface area contributed by atoms with Gasteiger partial charge >= 0.3 is 0 Å². The third kappa shape index (κ3) is 3.93. The van der Waals surface area contributed by atoms with Gasteiger partial charge in [0.2, 0.25) is 0 Å². The van der Waals surface area contributed by atoms with Crippen LogP contribution in [0.4, 0.5) is 5.13 Å². The topological polar surface area (TPSA) is 65.1 Å². The lowest BCUT2D eigenvalue weighted by Gasteiger charge is -2.31. The van der Waals surface area contributed by atoms with Crippen molar-refractivity contribution in [3.8, 4) is 0 Å². The molecule has 2 saturated heterocycles. The van der Waals surface area contributed by atoms with Crippen molar-refractivity contribution in [1.82, 2.24) is 19.9 Å². The Balaban J connectivity index is 1.33. The molecule has 4 rings (SSSR count). The van der Waals surface area contributed by atoms with E-state index < -0.39 is 0 Å². The summed E-state index contributed by atoms with van der Waals surface area (Å²) in [6, 6.07) is 1.67. The highest BCUT2D eigenvalue weighted by atomic mass is 32.1. The fourth-order valence-corrected chi connectivity index (χ4v) is 4.85. The Hall–Kier alpha value is -1.73. The van der Waals surface area contributed by atoms with E-state index in [1.807, 2.05) is 24.5 Å².